The molecule has 122 valence electrons. The van der Waals surface area contributed by atoms with E-state index >= 15 is 0 Å². The van der Waals surface area contributed by atoms with Gasteiger partial charge in [-0.05, 0) is 64.4 Å². The first-order valence-corrected chi connectivity index (χ1v) is 8.05. The zero-order chi connectivity index (χ0) is 16.2. The first-order valence-electron chi connectivity index (χ1n) is 8.05. The first-order chi connectivity index (χ1) is 10.4. The molecule has 1 N–H and O–H groups in total. The molecule has 0 aromatic heterocycles. The predicted octanol–water partition coefficient (Wildman–Crippen LogP) is 2.82. The molecule has 1 heterocycles. The molecule has 0 atom stereocenters. The molecule has 0 saturated carbocycles. The zero-order valence-electron chi connectivity index (χ0n) is 14.2. The molecule has 1 aromatic rings. The Balaban J connectivity index is 1.80. The summed E-state index contributed by atoms with van der Waals surface area (Å²) < 4.78 is 5.18. The van der Waals surface area contributed by atoms with Gasteiger partial charge in [-0.15, -0.1) is 0 Å². The third-order valence-electron chi connectivity index (χ3n) is 4.02. The van der Waals surface area contributed by atoms with E-state index in [-0.39, 0.29) is 17.4 Å². The second-order valence-electron chi connectivity index (χ2n) is 7.14. The number of carbonyl (C=O) groups excluding carboxylic acids is 1. The number of ether oxygens (including phenoxy) is 1. The summed E-state index contributed by atoms with van der Waals surface area (Å²) in [4.78, 5) is 14.6. The van der Waals surface area contributed by atoms with Gasteiger partial charge >= 0.3 is 0 Å². The molecule has 1 aliphatic heterocycles. The topological polar surface area (TPSA) is 41.6 Å². The van der Waals surface area contributed by atoms with Crippen LogP contribution in [0.1, 0.15) is 39.2 Å². The number of nitrogens with one attached hydrogen (secondary N) is 1. The summed E-state index contributed by atoms with van der Waals surface area (Å²) in [5.74, 6) is 1.25. The van der Waals surface area contributed by atoms with Gasteiger partial charge in [-0.25, -0.2) is 0 Å². The highest BCUT2D eigenvalue weighted by Gasteiger charge is 2.27. The van der Waals surface area contributed by atoms with Crippen molar-refractivity contribution in [3.8, 4) is 5.75 Å². The second kappa shape index (κ2) is 7.14. The Morgan fingerprint density at radius 2 is 1.82 bits per heavy atom. The maximum absolute atomic E-state index is 12.2. The van der Waals surface area contributed by atoms with E-state index in [1.807, 2.05) is 32.9 Å². The number of rotatable bonds is 4. The fourth-order valence-corrected chi connectivity index (χ4v) is 2.81. The highest BCUT2D eigenvalue weighted by molar-refractivity contribution is 5.79. The number of piperidine rings is 1. The summed E-state index contributed by atoms with van der Waals surface area (Å²) in [5.41, 5.74) is 1.15. The summed E-state index contributed by atoms with van der Waals surface area (Å²) in [6.07, 6.45) is 1.89. The van der Waals surface area contributed by atoms with E-state index in [4.69, 9.17) is 4.74 Å². The predicted molar refractivity (Wildman–Crippen MR) is 88.9 cm³/mol. The van der Waals surface area contributed by atoms with Crippen LogP contribution in [0.3, 0.4) is 0 Å². The number of nitrogens with zero attached hydrogens (tertiary/aromatic N) is 1. The number of amides is 1. The van der Waals surface area contributed by atoms with Gasteiger partial charge in [0.2, 0.25) is 5.91 Å². The van der Waals surface area contributed by atoms with Gasteiger partial charge in [0, 0.05) is 18.0 Å². The third kappa shape index (κ3) is 5.02. The van der Waals surface area contributed by atoms with Crippen LogP contribution in [0.2, 0.25) is 0 Å². The Kier molecular flexibility index (Phi) is 5.46. The van der Waals surface area contributed by atoms with Crippen molar-refractivity contribution in [2.45, 2.75) is 45.7 Å². The van der Waals surface area contributed by atoms with Crippen LogP contribution in [-0.2, 0) is 11.3 Å². The highest BCUT2D eigenvalue weighted by Crippen LogP contribution is 2.21. The molecular weight excluding hydrogens is 276 g/mol. The quantitative estimate of drug-likeness (QED) is 0.930. The van der Waals surface area contributed by atoms with Gasteiger partial charge in [0.05, 0.1) is 7.11 Å². The lowest BCUT2D eigenvalue weighted by atomic mass is 9.94. The van der Waals surface area contributed by atoms with Crippen LogP contribution in [0.4, 0.5) is 0 Å². The van der Waals surface area contributed by atoms with Crippen LogP contribution in [0.25, 0.3) is 0 Å². The first kappa shape index (κ1) is 16.8. The Bertz CT molecular complexity index is 483. The van der Waals surface area contributed by atoms with Crippen molar-refractivity contribution in [2.24, 2.45) is 5.92 Å². The SMILES string of the molecule is COc1ccc(CN2CCC(C(=O)NC(C)(C)C)CC2)cc1. The van der Waals surface area contributed by atoms with Crippen molar-refractivity contribution in [2.75, 3.05) is 20.2 Å². The Morgan fingerprint density at radius 3 is 2.32 bits per heavy atom. The number of benzene rings is 1. The molecule has 0 aliphatic carbocycles. The van der Waals surface area contributed by atoms with Gasteiger partial charge in [0.1, 0.15) is 5.75 Å². The molecule has 2 rings (SSSR count). The summed E-state index contributed by atoms with van der Waals surface area (Å²) in [5, 5.41) is 3.09. The molecule has 1 aromatic carbocycles. The maximum Gasteiger partial charge on any atom is 0.223 e. The highest BCUT2D eigenvalue weighted by atomic mass is 16.5. The van der Waals surface area contributed by atoms with Gasteiger partial charge in [-0.2, -0.15) is 0 Å². The lowest BCUT2D eigenvalue weighted by Crippen LogP contribution is -2.46. The summed E-state index contributed by atoms with van der Waals surface area (Å²) in [6.45, 7) is 9.00. The molecular formula is C18H28N2O2. The average Bonchev–Trinajstić information content (AvgIpc) is 2.47. The average molecular weight is 304 g/mol. The van der Waals surface area contributed by atoms with Gasteiger partial charge in [-0.3, -0.25) is 9.69 Å². The van der Waals surface area contributed by atoms with Crippen molar-refractivity contribution >= 4 is 5.91 Å². The van der Waals surface area contributed by atoms with Gasteiger partial charge in [-0.1, -0.05) is 12.1 Å². The minimum absolute atomic E-state index is 0.142. The van der Waals surface area contributed by atoms with Gasteiger partial charge in [0.25, 0.3) is 0 Å². The molecule has 0 spiro atoms. The number of methoxy groups -OCH3 is 1. The van der Waals surface area contributed by atoms with Crippen LogP contribution in [0, 0.1) is 5.92 Å². The van der Waals surface area contributed by atoms with E-state index < -0.39 is 0 Å². The Hall–Kier alpha value is -1.55. The van der Waals surface area contributed by atoms with Crippen LogP contribution in [-0.4, -0.2) is 36.5 Å². The standard InChI is InChI=1S/C18H28N2O2/c1-18(2,3)19-17(21)15-9-11-20(12-10-15)13-14-5-7-16(22-4)8-6-14/h5-8,15H,9-13H2,1-4H3,(H,19,21). The normalized spacial score (nSPS) is 17.3. The molecule has 22 heavy (non-hydrogen) atoms. The molecule has 1 aliphatic rings. The largest absolute Gasteiger partial charge is 0.497 e. The van der Waals surface area contributed by atoms with Crippen LogP contribution in [0.5, 0.6) is 5.75 Å². The second-order valence-corrected chi connectivity index (χ2v) is 7.14. The molecule has 4 nitrogen and oxygen atoms in total. The van der Waals surface area contributed by atoms with E-state index in [0.717, 1.165) is 38.2 Å². The van der Waals surface area contributed by atoms with Crippen molar-refractivity contribution < 1.29 is 9.53 Å². The van der Waals surface area contributed by atoms with Crippen LogP contribution < -0.4 is 10.1 Å². The summed E-state index contributed by atoms with van der Waals surface area (Å²) in [6, 6.07) is 8.21. The van der Waals surface area contributed by atoms with E-state index in [2.05, 4.69) is 22.3 Å². The third-order valence-corrected chi connectivity index (χ3v) is 4.02. The Morgan fingerprint density at radius 1 is 1.23 bits per heavy atom. The molecule has 0 radical (unpaired) electrons. The fraction of sp³-hybridized carbons (Fsp3) is 0.611. The van der Waals surface area contributed by atoms with Crippen LogP contribution in [0.15, 0.2) is 24.3 Å². The number of likely N-dealkylation sites (tertiary alicyclic amines) is 1. The number of carbonyl (C=O) groups is 1. The lowest BCUT2D eigenvalue weighted by Gasteiger charge is -2.33. The zero-order valence-corrected chi connectivity index (χ0v) is 14.2. The molecule has 1 amide bonds. The lowest BCUT2D eigenvalue weighted by molar-refractivity contribution is -0.127. The van der Waals surface area contributed by atoms with Crippen molar-refractivity contribution in [3.63, 3.8) is 0 Å². The Labute approximate surface area is 133 Å². The van der Waals surface area contributed by atoms with Gasteiger partial charge in [0.15, 0.2) is 0 Å². The minimum atomic E-state index is -0.142. The minimum Gasteiger partial charge on any atom is -0.497 e. The maximum atomic E-state index is 12.2. The number of hydrogen-bond acceptors (Lipinski definition) is 3. The number of hydrogen-bond donors (Lipinski definition) is 1. The van der Waals surface area contributed by atoms with E-state index in [9.17, 15) is 4.79 Å². The monoisotopic (exact) mass is 304 g/mol. The molecule has 0 bridgehead atoms. The summed E-state index contributed by atoms with van der Waals surface area (Å²) >= 11 is 0. The molecule has 1 saturated heterocycles. The molecule has 4 heteroatoms. The van der Waals surface area contributed by atoms with Crippen molar-refractivity contribution in [3.05, 3.63) is 29.8 Å². The van der Waals surface area contributed by atoms with Crippen molar-refractivity contribution in [1.29, 1.82) is 0 Å². The van der Waals surface area contributed by atoms with E-state index in [1.165, 1.54) is 5.56 Å². The van der Waals surface area contributed by atoms with E-state index in [0.29, 0.717) is 0 Å². The smallest absolute Gasteiger partial charge is 0.223 e. The molecule has 1 fully saturated rings. The van der Waals surface area contributed by atoms with Crippen molar-refractivity contribution in [1.82, 2.24) is 10.2 Å². The van der Waals surface area contributed by atoms with Crippen LogP contribution >= 0.6 is 0 Å². The molecule has 0 unspecified atom stereocenters. The fourth-order valence-electron chi connectivity index (χ4n) is 2.81. The van der Waals surface area contributed by atoms with E-state index in [1.54, 1.807) is 7.11 Å². The van der Waals surface area contributed by atoms with Gasteiger partial charge < -0.3 is 10.1 Å². The summed E-state index contributed by atoms with van der Waals surface area (Å²) in [7, 11) is 1.68.